The van der Waals surface area contributed by atoms with Crippen molar-refractivity contribution in [3.05, 3.63) is 71.3 Å². The smallest absolute Gasteiger partial charge is 0.182 e. The Morgan fingerprint density at radius 3 is 1.52 bits per heavy atom. The topological polar surface area (TPSA) is 85.7 Å². The van der Waals surface area contributed by atoms with Crippen molar-refractivity contribution in [1.82, 2.24) is 19.9 Å². The van der Waals surface area contributed by atoms with Crippen LogP contribution in [0.25, 0.3) is 32.8 Å². The molecule has 4 fully saturated rings. The lowest BCUT2D eigenvalue weighted by Crippen LogP contribution is -2.80. The maximum absolute atomic E-state index is 13.0. The summed E-state index contributed by atoms with van der Waals surface area (Å²) in [6, 6.07) is 8.16. The minimum atomic E-state index is 0.0893. The first-order valence-electron chi connectivity index (χ1n) is 14.8. The van der Waals surface area contributed by atoms with Crippen LogP contribution in [-0.4, -0.2) is 31.5 Å². The van der Waals surface area contributed by atoms with E-state index in [4.69, 9.17) is 19.9 Å². The maximum Gasteiger partial charge on any atom is 0.182 e. The van der Waals surface area contributed by atoms with Crippen LogP contribution in [0.4, 0.5) is 0 Å². The van der Waals surface area contributed by atoms with E-state index in [9.17, 15) is 9.59 Å². The predicted molar refractivity (Wildman–Crippen MR) is 148 cm³/mol. The van der Waals surface area contributed by atoms with Crippen molar-refractivity contribution in [2.24, 2.45) is 46.3 Å². The second-order valence-corrected chi connectivity index (χ2v) is 13.9. The number of rotatable bonds is 0. The van der Waals surface area contributed by atoms with Gasteiger partial charge in [0.05, 0.1) is 33.5 Å². The van der Waals surface area contributed by atoms with E-state index in [1.807, 2.05) is 24.5 Å². The first-order valence-corrected chi connectivity index (χ1v) is 14.8. The molecule has 7 aliphatic rings. The Hall–Kier alpha value is -3.80. The molecule has 4 bridgehead atoms. The van der Waals surface area contributed by atoms with Gasteiger partial charge in [-0.1, -0.05) is 13.8 Å². The molecule has 6 unspecified atom stereocenters. The van der Waals surface area contributed by atoms with Gasteiger partial charge in [0, 0.05) is 46.1 Å². The van der Waals surface area contributed by atoms with E-state index in [0.717, 1.165) is 56.8 Å². The molecule has 0 saturated heterocycles. The Labute approximate surface area is 230 Å². The van der Waals surface area contributed by atoms with Crippen LogP contribution in [0.5, 0.6) is 0 Å². The Morgan fingerprint density at radius 2 is 1.05 bits per heavy atom. The molecule has 3 heterocycles. The Morgan fingerprint density at radius 1 is 0.625 bits per heavy atom. The molecule has 4 aromatic rings. The second kappa shape index (κ2) is 6.09. The maximum atomic E-state index is 13.0. The summed E-state index contributed by atoms with van der Waals surface area (Å²) in [6.07, 6.45) is 8.82. The lowest BCUT2D eigenvalue weighted by atomic mass is 9.20. The van der Waals surface area contributed by atoms with Crippen molar-refractivity contribution in [3.63, 3.8) is 0 Å². The summed E-state index contributed by atoms with van der Waals surface area (Å²) in [5.74, 6) is 3.65. The summed E-state index contributed by atoms with van der Waals surface area (Å²) in [5, 5.41) is 2.04. The van der Waals surface area contributed by atoms with E-state index < -0.39 is 0 Å². The van der Waals surface area contributed by atoms with Crippen molar-refractivity contribution in [2.75, 3.05) is 0 Å². The van der Waals surface area contributed by atoms with Gasteiger partial charge in [0.25, 0.3) is 0 Å². The van der Waals surface area contributed by atoms with Crippen LogP contribution in [0.2, 0.25) is 0 Å². The molecule has 40 heavy (non-hydrogen) atoms. The first-order chi connectivity index (χ1) is 19.4. The summed E-state index contributed by atoms with van der Waals surface area (Å²) in [4.78, 5) is 46.3. The molecule has 0 aliphatic heterocycles. The largest absolute Gasteiger partial charge is 0.290 e. The molecule has 4 saturated carbocycles. The molecule has 6 nitrogen and oxygen atoms in total. The van der Waals surface area contributed by atoms with Gasteiger partial charge in [0.1, 0.15) is 0 Å². The van der Waals surface area contributed by atoms with Crippen LogP contribution < -0.4 is 0 Å². The summed E-state index contributed by atoms with van der Waals surface area (Å²) < 4.78 is 0. The van der Waals surface area contributed by atoms with Crippen molar-refractivity contribution in [3.8, 4) is 0 Å². The van der Waals surface area contributed by atoms with Crippen LogP contribution in [0.15, 0.2) is 60.0 Å². The third kappa shape index (κ3) is 1.81. The number of hydrogen-bond acceptors (Lipinski definition) is 6. The van der Waals surface area contributed by atoms with Gasteiger partial charge in [-0.3, -0.25) is 19.6 Å². The molecule has 1 aromatic carbocycles. The average molecular weight is 523 g/mol. The molecule has 7 aliphatic carbocycles. The molecule has 3 aromatic heterocycles. The molecule has 0 radical (unpaired) electrons. The summed E-state index contributed by atoms with van der Waals surface area (Å²) in [5.41, 5.74) is 8.16. The zero-order valence-corrected chi connectivity index (χ0v) is 22.3. The number of carbonyl (C=O) groups is 2. The van der Waals surface area contributed by atoms with Gasteiger partial charge in [-0.05, 0) is 95.6 Å². The zero-order chi connectivity index (χ0) is 26.4. The molecule has 10 atom stereocenters. The molecule has 0 N–H and O–H groups in total. The normalized spacial score (nSPS) is 42.6. The Bertz CT molecular complexity index is 1920. The van der Waals surface area contributed by atoms with E-state index in [1.54, 1.807) is 0 Å². The number of carbonyl (C=O) groups excluding carboxylic acids is 2. The van der Waals surface area contributed by atoms with Crippen molar-refractivity contribution < 1.29 is 9.59 Å². The van der Waals surface area contributed by atoms with Crippen molar-refractivity contribution in [1.29, 1.82) is 0 Å². The van der Waals surface area contributed by atoms with Gasteiger partial charge in [0.15, 0.2) is 11.6 Å². The predicted octanol–water partition coefficient (Wildman–Crippen LogP) is 5.47. The standard InChI is InChI=1S/C34H26N4O2/c1-33-23-15-11-16(22-20(40)8-7-19(39)21(15)22)24(23)34(33,2)26-18-12-17(25(26)33)31-32(18)38-30-14-6-4-10-36-28(14)27-13(29(30)37-31)5-3-9-35-27/h3-10,15-18,23-26H,11-12H2,1-2H3/t15-,16+,17-,18+,23?,24?,25?,26?,33?,34?. The van der Waals surface area contributed by atoms with E-state index in [-0.39, 0.29) is 34.2 Å². The number of hydrogen-bond donors (Lipinski definition) is 0. The van der Waals surface area contributed by atoms with Gasteiger partial charge in [-0.2, -0.15) is 0 Å². The number of aromatic nitrogens is 4. The highest BCUT2D eigenvalue weighted by Gasteiger charge is 2.89. The third-order valence-electron chi connectivity index (χ3n) is 13.4. The summed E-state index contributed by atoms with van der Waals surface area (Å²) in [6.45, 7) is 5.04. The number of nitrogens with zero attached hydrogens (tertiary/aromatic N) is 4. The Balaban J connectivity index is 1.11. The summed E-state index contributed by atoms with van der Waals surface area (Å²) >= 11 is 0. The quantitative estimate of drug-likeness (QED) is 0.173. The van der Waals surface area contributed by atoms with Gasteiger partial charge in [0.2, 0.25) is 0 Å². The number of benzene rings is 1. The third-order valence-corrected chi connectivity index (χ3v) is 13.4. The second-order valence-electron chi connectivity index (χ2n) is 13.9. The van der Waals surface area contributed by atoms with Crippen LogP contribution >= 0.6 is 0 Å². The van der Waals surface area contributed by atoms with E-state index in [2.05, 4.69) is 26.0 Å². The molecule has 194 valence electrons. The van der Waals surface area contributed by atoms with Gasteiger partial charge in [-0.15, -0.1) is 0 Å². The highest BCUT2D eigenvalue weighted by Crippen LogP contribution is 2.94. The number of fused-ring (bicyclic) bond motifs is 26. The molecule has 11 rings (SSSR count). The van der Waals surface area contributed by atoms with Gasteiger partial charge < -0.3 is 0 Å². The first kappa shape index (κ1) is 21.0. The van der Waals surface area contributed by atoms with Gasteiger partial charge in [-0.25, -0.2) is 9.97 Å². The molecular formula is C34H26N4O2. The van der Waals surface area contributed by atoms with E-state index >= 15 is 0 Å². The molecule has 0 spiro atoms. The van der Waals surface area contributed by atoms with Crippen LogP contribution in [-0.2, 0) is 9.59 Å². The van der Waals surface area contributed by atoms with Crippen molar-refractivity contribution in [2.45, 2.75) is 38.5 Å². The fraction of sp³-hybridized carbons (Fsp3) is 0.412. The highest BCUT2D eigenvalue weighted by molar-refractivity contribution is 6.22. The zero-order valence-electron chi connectivity index (χ0n) is 22.3. The molecule has 0 amide bonds. The lowest BCUT2D eigenvalue weighted by Gasteiger charge is -2.83. The van der Waals surface area contributed by atoms with E-state index in [1.165, 1.54) is 23.5 Å². The number of pyridine rings is 2. The fourth-order valence-corrected chi connectivity index (χ4v) is 12.5. The van der Waals surface area contributed by atoms with Crippen LogP contribution in [0.3, 0.4) is 0 Å². The average Bonchev–Trinajstić information content (AvgIpc) is 3.74. The highest BCUT2D eigenvalue weighted by atomic mass is 16.1. The van der Waals surface area contributed by atoms with E-state index in [0.29, 0.717) is 35.5 Å². The summed E-state index contributed by atoms with van der Waals surface area (Å²) in [7, 11) is 0. The van der Waals surface area contributed by atoms with Crippen LogP contribution in [0, 0.1) is 46.3 Å². The Kier molecular flexibility index (Phi) is 3.20. The van der Waals surface area contributed by atoms with Gasteiger partial charge >= 0.3 is 0 Å². The number of allylic oxidation sites excluding steroid dienone is 4. The number of ketones is 2. The monoisotopic (exact) mass is 522 g/mol. The minimum Gasteiger partial charge on any atom is -0.290 e. The SMILES string of the molecule is CC12C3C([C@H]4C[C@@H]3c3nc5c6cccnc6c6ncccc6c5nc34)C1(C)C1C2[C@H]2C[C@@H]1C1=C2C(=O)C=CC1=O. The van der Waals surface area contributed by atoms with Crippen LogP contribution in [0.1, 0.15) is 49.9 Å². The minimum absolute atomic E-state index is 0.0893. The fourth-order valence-electron chi connectivity index (χ4n) is 12.5. The van der Waals surface area contributed by atoms with Crippen molar-refractivity contribution >= 4 is 44.4 Å². The molecular weight excluding hydrogens is 496 g/mol. The molecule has 6 heteroatoms. The lowest BCUT2D eigenvalue weighted by molar-refractivity contribution is -0.354.